The molecule has 0 aliphatic heterocycles. The number of hydrogen-bond acceptors (Lipinski definition) is 6. The number of rotatable bonds is 6. The van der Waals surface area contributed by atoms with Crippen molar-refractivity contribution >= 4 is 35.3 Å². The summed E-state index contributed by atoms with van der Waals surface area (Å²) in [5.41, 5.74) is 3.78. The Kier molecular flexibility index (Phi) is 7.94. The Bertz CT molecular complexity index is 1170. The van der Waals surface area contributed by atoms with Gasteiger partial charge in [-0.05, 0) is 87.7 Å². The molecule has 1 aromatic carbocycles. The van der Waals surface area contributed by atoms with E-state index < -0.39 is 11.7 Å². The molecule has 0 aliphatic carbocycles. The van der Waals surface area contributed by atoms with Crippen LogP contribution in [0.4, 0.5) is 16.3 Å². The average Bonchev–Trinajstić information content (AvgIpc) is 2.75. The first-order chi connectivity index (χ1) is 16.0. The first kappa shape index (κ1) is 25.2. The normalized spacial score (nSPS) is 11.1. The molecule has 8 heteroatoms. The summed E-state index contributed by atoms with van der Waals surface area (Å²) in [5, 5.41) is 3.60. The van der Waals surface area contributed by atoms with Gasteiger partial charge in [0, 0.05) is 30.9 Å². The summed E-state index contributed by atoms with van der Waals surface area (Å²) in [7, 11) is 1.63. The van der Waals surface area contributed by atoms with E-state index in [1.807, 2.05) is 58.9 Å². The second kappa shape index (κ2) is 10.7. The molecule has 0 bridgehead atoms. The van der Waals surface area contributed by atoms with Crippen LogP contribution in [0.25, 0.3) is 0 Å². The molecule has 3 rings (SSSR count). The molecule has 0 radical (unpaired) electrons. The Labute approximate surface area is 205 Å². The molecule has 34 heavy (non-hydrogen) atoms. The third kappa shape index (κ3) is 7.05. The lowest BCUT2D eigenvalue weighted by molar-refractivity contribution is 0.0588. The predicted molar refractivity (Wildman–Crippen MR) is 137 cm³/mol. The Morgan fingerprint density at radius 3 is 2.41 bits per heavy atom. The third-order valence-corrected chi connectivity index (χ3v) is 5.77. The van der Waals surface area contributed by atoms with Gasteiger partial charge in [-0.1, -0.05) is 6.07 Å². The van der Waals surface area contributed by atoms with E-state index in [1.165, 1.54) is 16.7 Å². The average molecular weight is 479 g/mol. The van der Waals surface area contributed by atoms with Gasteiger partial charge in [0.2, 0.25) is 0 Å². The van der Waals surface area contributed by atoms with Crippen molar-refractivity contribution in [3.8, 4) is 0 Å². The highest BCUT2D eigenvalue weighted by atomic mass is 32.2. The van der Waals surface area contributed by atoms with E-state index in [9.17, 15) is 9.59 Å². The Hall–Kier alpha value is -3.39. The van der Waals surface area contributed by atoms with Crippen LogP contribution in [0.2, 0.25) is 0 Å². The van der Waals surface area contributed by atoms with Gasteiger partial charge in [0.05, 0.1) is 5.56 Å². The van der Waals surface area contributed by atoms with Crippen LogP contribution < -0.4 is 10.2 Å². The summed E-state index contributed by atoms with van der Waals surface area (Å²) in [6.45, 7) is 9.45. The van der Waals surface area contributed by atoms with Crippen molar-refractivity contribution in [2.75, 3.05) is 17.3 Å². The maximum absolute atomic E-state index is 13.0. The predicted octanol–water partition coefficient (Wildman–Crippen LogP) is 6.01. The van der Waals surface area contributed by atoms with Crippen LogP contribution in [0.15, 0.2) is 59.9 Å². The van der Waals surface area contributed by atoms with Crippen molar-refractivity contribution in [1.29, 1.82) is 0 Å². The molecular formula is C26H30N4O3S. The molecule has 178 valence electrons. The van der Waals surface area contributed by atoms with Crippen LogP contribution in [0.3, 0.4) is 0 Å². The molecule has 2 heterocycles. The maximum atomic E-state index is 13.0. The van der Waals surface area contributed by atoms with Gasteiger partial charge in [0.1, 0.15) is 16.4 Å². The monoisotopic (exact) mass is 478 g/mol. The number of thioether (sulfide) groups is 1. The van der Waals surface area contributed by atoms with Gasteiger partial charge in [-0.3, -0.25) is 9.69 Å². The van der Waals surface area contributed by atoms with E-state index in [0.29, 0.717) is 22.2 Å². The van der Waals surface area contributed by atoms with Crippen LogP contribution in [0, 0.1) is 13.8 Å². The molecule has 2 aromatic heterocycles. The molecule has 3 aromatic rings. The zero-order valence-electron chi connectivity index (χ0n) is 20.4. The number of pyridine rings is 2. The lowest BCUT2D eigenvalue weighted by Crippen LogP contribution is -2.34. The number of anilines is 2. The van der Waals surface area contributed by atoms with Crippen molar-refractivity contribution in [2.24, 2.45) is 0 Å². The minimum Gasteiger partial charge on any atom is -0.443 e. The summed E-state index contributed by atoms with van der Waals surface area (Å²) in [6.07, 6.45) is 2.85. The number of carbonyl (C=O) groups excluding carboxylic acids is 2. The second-order valence-electron chi connectivity index (χ2n) is 9.04. The first-order valence-electron chi connectivity index (χ1n) is 10.9. The smallest absolute Gasteiger partial charge is 0.415 e. The summed E-state index contributed by atoms with van der Waals surface area (Å²) in [6, 6.07) is 13.2. The number of amides is 2. The molecule has 1 N–H and O–H groups in total. The van der Waals surface area contributed by atoms with Crippen molar-refractivity contribution < 1.29 is 14.3 Å². The van der Waals surface area contributed by atoms with Gasteiger partial charge in [0.15, 0.2) is 0 Å². The highest BCUT2D eigenvalue weighted by molar-refractivity contribution is 7.98. The Morgan fingerprint density at radius 2 is 1.74 bits per heavy atom. The number of aromatic nitrogens is 2. The van der Waals surface area contributed by atoms with Crippen LogP contribution in [0.5, 0.6) is 0 Å². The summed E-state index contributed by atoms with van der Waals surface area (Å²) < 4.78 is 5.42. The van der Waals surface area contributed by atoms with E-state index in [2.05, 4.69) is 21.4 Å². The number of aryl methyl sites for hydroxylation is 2. The fourth-order valence-corrected chi connectivity index (χ4v) is 4.17. The van der Waals surface area contributed by atoms with E-state index in [4.69, 9.17) is 4.74 Å². The zero-order valence-corrected chi connectivity index (χ0v) is 21.2. The Balaban J connectivity index is 1.71. The maximum Gasteiger partial charge on any atom is 0.415 e. The third-order valence-electron chi connectivity index (χ3n) is 4.69. The SMILES string of the molecule is Cc1cc(C)cc(NC(=O)c2cccnc2SCc2ccnc(N(C)C(=O)OC(C)(C)C)c2)c1. The zero-order chi connectivity index (χ0) is 24.9. The highest BCUT2D eigenvalue weighted by Crippen LogP contribution is 2.26. The number of nitrogens with one attached hydrogen (secondary N) is 1. The summed E-state index contributed by atoms with van der Waals surface area (Å²) >= 11 is 1.45. The Morgan fingerprint density at radius 1 is 1.03 bits per heavy atom. The molecule has 0 spiro atoms. The molecule has 0 unspecified atom stereocenters. The van der Waals surface area contributed by atoms with E-state index >= 15 is 0 Å². The largest absolute Gasteiger partial charge is 0.443 e. The quantitative estimate of drug-likeness (QED) is 0.437. The number of ether oxygens (including phenoxy) is 1. The van der Waals surface area contributed by atoms with Gasteiger partial charge in [-0.15, -0.1) is 11.8 Å². The topological polar surface area (TPSA) is 84.4 Å². The van der Waals surface area contributed by atoms with E-state index in [0.717, 1.165) is 22.4 Å². The molecule has 0 saturated heterocycles. The van der Waals surface area contributed by atoms with Gasteiger partial charge < -0.3 is 10.1 Å². The van der Waals surface area contributed by atoms with Crippen LogP contribution in [-0.2, 0) is 10.5 Å². The minimum atomic E-state index is -0.591. The second-order valence-corrected chi connectivity index (χ2v) is 10.0. The van der Waals surface area contributed by atoms with Crippen molar-refractivity contribution in [2.45, 2.75) is 51.0 Å². The van der Waals surface area contributed by atoms with Crippen LogP contribution >= 0.6 is 11.8 Å². The minimum absolute atomic E-state index is 0.208. The van der Waals surface area contributed by atoms with Crippen molar-refractivity contribution in [1.82, 2.24) is 9.97 Å². The molecule has 0 fully saturated rings. The van der Waals surface area contributed by atoms with Gasteiger partial charge in [-0.25, -0.2) is 14.8 Å². The lowest BCUT2D eigenvalue weighted by Gasteiger charge is -2.24. The molecule has 7 nitrogen and oxygen atoms in total. The van der Waals surface area contributed by atoms with Crippen LogP contribution in [0.1, 0.15) is 47.8 Å². The molecule has 0 saturated carbocycles. The fraction of sp³-hybridized carbons (Fsp3) is 0.308. The molecule has 0 aliphatic rings. The summed E-state index contributed by atoms with van der Waals surface area (Å²) in [4.78, 5) is 35.4. The first-order valence-corrected chi connectivity index (χ1v) is 11.9. The molecular weight excluding hydrogens is 448 g/mol. The van der Waals surface area contributed by atoms with E-state index in [1.54, 1.807) is 31.6 Å². The van der Waals surface area contributed by atoms with Gasteiger partial charge >= 0.3 is 6.09 Å². The van der Waals surface area contributed by atoms with E-state index in [-0.39, 0.29) is 5.91 Å². The van der Waals surface area contributed by atoms with Crippen LogP contribution in [-0.4, -0.2) is 34.6 Å². The standard InChI is InChI=1S/C26H30N4O3S/c1-17-12-18(2)14-20(13-17)29-23(31)21-8-7-10-28-24(21)34-16-19-9-11-27-22(15-19)30(6)25(32)33-26(3,4)5/h7-15H,16H2,1-6H3,(H,29,31). The lowest BCUT2D eigenvalue weighted by atomic mass is 10.1. The van der Waals surface area contributed by atoms with Gasteiger partial charge in [-0.2, -0.15) is 0 Å². The van der Waals surface area contributed by atoms with Crippen molar-refractivity contribution in [3.63, 3.8) is 0 Å². The number of nitrogens with zero attached hydrogens (tertiary/aromatic N) is 3. The molecule has 2 amide bonds. The number of hydrogen-bond donors (Lipinski definition) is 1. The fourth-order valence-electron chi connectivity index (χ4n) is 3.23. The number of carbonyl (C=O) groups is 2. The number of benzene rings is 1. The highest BCUT2D eigenvalue weighted by Gasteiger charge is 2.21. The van der Waals surface area contributed by atoms with Crippen molar-refractivity contribution in [3.05, 3.63) is 77.1 Å². The molecule has 0 atom stereocenters. The van der Waals surface area contributed by atoms with Gasteiger partial charge in [0.25, 0.3) is 5.91 Å². The summed E-state index contributed by atoms with van der Waals surface area (Å²) in [5.74, 6) is 0.834.